The second kappa shape index (κ2) is 6.21. The van der Waals surface area contributed by atoms with Crippen molar-refractivity contribution < 1.29 is 14.2 Å². The topological polar surface area (TPSA) is 57.6 Å². The van der Waals surface area contributed by atoms with E-state index < -0.39 is 0 Å². The van der Waals surface area contributed by atoms with Crippen molar-refractivity contribution in [1.29, 1.82) is 0 Å². The van der Waals surface area contributed by atoms with Gasteiger partial charge in [0.1, 0.15) is 0 Å². The van der Waals surface area contributed by atoms with E-state index >= 15 is 0 Å². The molecule has 0 unspecified atom stereocenters. The maximum absolute atomic E-state index is 12.6. The highest BCUT2D eigenvalue weighted by Gasteiger charge is 2.31. The van der Waals surface area contributed by atoms with Crippen LogP contribution in [-0.4, -0.2) is 32.6 Å². The Morgan fingerprint density at radius 1 is 0.923 bits per heavy atom. The second-order valence-electron chi connectivity index (χ2n) is 5.79. The monoisotopic (exact) mass is 367 g/mol. The fourth-order valence-electron chi connectivity index (χ4n) is 3.59. The van der Waals surface area contributed by atoms with Crippen LogP contribution in [0.5, 0.6) is 17.2 Å². The summed E-state index contributed by atoms with van der Waals surface area (Å²) in [5.41, 5.74) is 3.31. The molecule has 5 nitrogen and oxygen atoms in total. The second-order valence-corrected chi connectivity index (χ2v) is 6.64. The fraction of sp³-hybridized carbons (Fsp3) is 0.200. The van der Waals surface area contributed by atoms with Gasteiger partial charge in [-0.2, -0.15) is 0 Å². The van der Waals surface area contributed by atoms with Gasteiger partial charge in [0.25, 0.3) is 0 Å². The number of benzene rings is 1. The Hall–Kier alpha value is -2.73. The van der Waals surface area contributed by atoms with Gasteiger partial charge in [-0.05, 0) is 30.0 Å². The highest BCUT2D eigenvalue weighted by molar-refractivity contribution is 7.98. The summed E-state index contributed by atoms with van der Waals surface area (Å²) in [7, 11) is 4.79. The molecule has 0 fully saturated rings. The lowest BCUT2D eigenvalue weighted by atomic mass is 10.0. The van der Waals surface area contributed by atoms with E-state index in [0.29, 0.717) is 22.1 Å². The van der Waals surface area contributed by atoms with Gasteiger partial charge in [0.15, 0.2) is 16.9 Å². The van der Waals surface area contributed by atoms with Crippen molar-refractivity contribution in [3.05, 3.63) is 40.7 Å². The van der Waals surface area contributed by atoms with E-state index in [1.165, 1.54) is 11.8 Å². The Morgan fingerprint density at radius 2 is 1.65 bits per heavy atom. The molecule has 0 radical (unpaired) electrons. The molecule has 0 spiro atoms. The van der Waals surface area contributed by atoms with Gasteiger partial charge in [-0.25, -0.2) is 0 Å². The number of nitrogens with zero attached hydrogens (tertiary/aromatic N) is 1. The van der Waals surface area contributed by atoms with Gasteiger partial charge in [-0.15, -0.1) is 11.8 Å². The molecule has 0 amide bonds. The molecule has 0 atom stereocenters. The van der Waals surface area contributed by atoms with E-state index in [4.69, 9.17) is 14.2 Å². The van der Waals surface area contributed by atoms with E-state index in [1.54, 1.807) is 33.6 Å². The number of fused-ring (bicyclic) bond motifs is 3. The molecule has 0 N–H and O–H groups in total. The van der Waals surface area contributed by atoms with Crippen LogP contribution in [0.2, 0.25) is 0 Å². The van der Waals surface area contributed by atoms with Crippen molar-refractivity contribution in [3.8, 4) is 39.6 Å². The van der Waals surface area contributed by atoms with Crippen LogP contribution in [0.1, 0.15) is 0 Å². The van der Waals surface area contributed by atoms with E-state index in [9.17, 15) is 4.79 Å². The SMILES string of the molecule is COc1c(OC)c2c3c(nccc3c1OC)-c1cc(=O)c(SC)ccc1-2. The number of ether oxygens (including phenoxy) is 3. The third-order valence-corrected chi connectivity index (χ3v) is 5.43. The molecule has 3 aromatic rings. The third kappa shape index (κ3) is 2.12. The molecule has 0 aliphatic heterocycles. The van der Waals surface area contributed by atoms with E-state index in [0.717, 1.165) is 33.2 Å². The van der Waals surface area contributed by atoms with Crippen LogP contribution in [0.15, 0.2) is 40.2 Å². The van der Waals surface area contributed by atoms with Gasteiger partial charge < -0.3 is 14.2 Å². The minimum atomic E-state index is -0.0248. The van der Waals surface area contributed by atoms with Crippen molar-refractivity contribution in [2.45, 2.75) is 4.90 Å². The summed E-state index contributed by atoms with van der Waals surface area (Å²) in [4.78, 5) is 17.8. The van der Waals surface area contributed by atoms with E-state index in [-0.39, 0.29) is 5.43 Å². The average molecular weight is 367 g/mol. The zero-order chi connectivity index (χ0) is 18.4. The molecule has 1 aliphatic rings. The summed E-state index contributed by atoms with van der Waals surface area (Å²) >= 11 is 1.43. The number of rotatable bonds is 4. The van der Waals surface area contributed by atoms with Crippen LogP contribution in [-0.2, 0) is 0 Å². The lowest BCUT2D eigenvalue weighted by molar-refractivity contribution is 0.328. The Balaban J connectivity index is 2.24. The summed E-state index contributed by atoms with van der Waals surface area (Å²) < 4.78 is 16.9. The van der Waals surface area contributed by atoms with Crippen molar-refractivity contribution in [3.63, 3.8) is 0 Å². The number of hydrogen-bond acceptors (Lipinski definition) is 6. The van der Waals surface area contributed by atoms with Crippen LogP contribution in [0, 0.1) is 0 Å². The molecule has 1 heterocycles. The first-order chi connectivity index (χ1) is 12.7. The number of pyridine rings is 1. The minimum absolute atomic E-state index is 0.0248. The molecular weight excluding hydrogens is 350 g/mol. The molecule has 1 aromatic heterocycles. The standard InChI is InChI=1S/C20H17NO4S/c1-23-18-11-7-8-21-17-12-9-13(22)14(26-4)6-5-10(12)16(15(11)17)19(24-2)20(18)25-3/h5-9H,1-4H3. The smallest absolute Gasteiger partial charge is 0.204 e. The molecular formula is C20H17NO4S. The van der Waals surface area contributed by atoms with Gasteiger partial charge in [0.05, 0.1) is 31.9 Å². The van der Waals surface area contributed by atoms with Crippen molar-refractivity contribution >= 4 is 22.5 Å². The Kier molecular flexibility index (Phi) is 4.00. The molecule has 2 aromatic carbocycles. The van der Waals surface area contributed by atoms with Crippen molar-refractivity contribution in [2.24, 2.45) is 0 Å². The zero-order valence-corrected chi connectivity index (χ0v) is 15.7. The molecule has 26 heavy (non-hydrogen) atoms. The van der Waals surface area contributed by atoms with Gasteiger partial charge in [0, 0.05) is 28.1 Å². The molecule has 0 saturated heterocycles. The van der Waals surface area contributed by atoms with Crippen LogP contribution in [0.25, 0.3) is 33.2 Å². The zero-order valence-electron chi connectivity index (χ0n) is 14.9. The molecule has 132 valence electrons. The summed E-state index contributed by atoms with van der Waals surface area (Å²) in [6.07, 6.45) is 3.61. The van der Waals surface area contributed by atoms with Gasteiger partial charge >= 0.3 is 0 Å². The highest BCUT2D eigenvalue weighted by Crippen LogP contribution is 2.57. The Morgan fingerprint density at radius 3 is 2.31 bits per heavy atom. The normalized spacial score (nSPS) is 11.4. The Labute approximate surface area is 154 Å². The third-order valence-electron chi connectivity index (χ3n) is 4.65. The lowest BCUT2D eigenvalue weighted by Crippen LogP contribution is -1.98. The molecule has 4 rings (SSSR count). The maximum Gasteiger partial charge on any atom is 0.204 e. The molecule has 0 saturated carbocycles. The molecule has 0 bridgehead atoms. The van der Waals surface area contributed by atoms with Gasteiger partial charge in [0.2, 0.25) is 5.75 Å². The summed E-state index contributed by atoms with van der Waals surface area (Å²) in [5.74, 6) is 1.70. The number of thioether (sulfide) groups is 1. The first-order valence-electron chi connectivity index (χ1n) is 8.00. The van der Waals surface area contributed by atoms with Gasteiger partial charge in [-0.1, -0.05) is 6.07 Å². The average Bonchev–Trinajstić information content (AvgIpc) is 2.86. The predicted octanol–water partition coefficient (Wildman–Crippen LogP) is 3.99. The first kappa shape index (κ1) is 16.7. The largest absolute Gasteiger partial charge is 0.492 e. The summed E-state index contributed by atoms with van der Waals surface area (Å²) in [6.45, 7) is 0. The van der Waals surface area contributed by atoms with Crippen LogP contribution >= 0.6 is 11.8 Å². The summed E-state index contributed by atoms with van der Waals surface area (Å²) in [5, 5.41) is 1.79. The minimum Gasteiger partial charge on any atom is -0.492 e. The lowest BCUT2D eigenvalue weighted by Gasteiger charge is -2.17. The van der Waals surface area contributed by atoms with Crippen LogP contribution in [0.4, 0.5) is 0 Å². The predicted molar refractivity (Wildman–Crippen MR) is 104 cm³/mol. The van der Waals surface area contributed by atoms with Gasteiger partial charge in [-0.3, -0.25) is 9.78 Å². The quantitative estimate of drug-likeness (QED) is 0.508. The molecule has 1 aliphatic carbocycles. The number of hydrogen-bond donors (Lipinski definition) is 0. The number of methoxy groups -OCH3 is 3. The highest BCUT2D eigenvalue weighted by atomic mass is 32.2. The maximum atomic E-state index is 12.6. The summed E-state index contributed by atoms with van der Waals surface area (Å²) in [6, 6.07) is 7.34. The Bertz CT molecular complexity index is 1110. The molecule has 6 heteroatoms. The first-order valence-corrected chi connectivity index (χ1v) is 9.22. The van der Waals surface area contributed by atoms with E-state index in [2.05, 4.69) is 4.98 Å². The van der Waals surface area contributed by atoms with Crippen molar-refractivity contribution in [1.82, 2.24) is 4.98 Å². The number of aromatic nitrogens is 1. The van der Waals surface area contributed by atoms with Crippen molar-refractivity contribution in [2.75, 3.05) is 27.6 Å². The fourth-order valence-corrected chi connectivity index (χ4v) is 4.06. The van der Waals surface area contributed by atoms with E-state index in [1.807, 2.05) is 24.5 Å². The van der Waals surface area contributed by atoms with Crippen LogP contribution < -0.4 is 19.6 Å². The van der Waals surface area contributed by atoms with Crippen LogP contribution in [0.3, 0.4) is 0 Å².